The molecule has 2 aromatic rings. The van der Waals surface area contributed by atoms with Crippen molar-refractivity contribution in [1.82, 2.24) is 0 Å². The molecule has 0 atom stereocenters. The van der Waals surface area contributed by atoms with Crippen LogP contribution in [0.15, 0.2) is 35.7 Å². The van der Waals surface area contributed by atoms with Crippen LogP contribution in [-0.2, 0) is 0 Å². The van der Waals surface area contributed by atoms with E-state index in [1.807, 2.05) is 42.6 Å². The van der Waals surface area contributed by atoms with Gasteiger partial charge in [-0.05, 0) is 58.7 Å². The Balaban J connectivity index is 2.41. The zero-order valence-corrected chi connectivity index (χ0v) is 11.1. The van der Waals surface area contributed by atoms with Gasteiger partial charge in [0.1, 0.15) is 0 Å². The quantitative estimate of drug-likeness (QED) is 0.604. The molecule has 0 radical (unpaired) electrons. The van der Waals surface area contributed by atoms with E-state index in [0.29, 0.717) is 0 Å². The van der Waals surface area contributed by atoms with Crippen LogP contribution in [0, 0.1) is 10.5 Å². The minimum atomic E-state index is 0.126. The first kappa shape index (κ1) is 10.8. The van der Waals surface area contributed by atoms with E-state index in [2.05, 4.69) is 22.6 Å². The van der Waals surface area contributed by atoms with Crippen LogP contribution >= 0.6 is 33.9 Å². The number of aryl methyl sites for hydroxylation is 1. The maximum absolute atomic E-state index is 12.1. The Morgan fingerprint density at radius 2 is 2.13 bits per heavy atom. The average Bonchev–Trinajstić information content (AvgIpc) is 2.63. The molecule has 3 heteroatoms. The number of hydrogen-bond acceptors (Lipinski definition) is 2. The molecule has 0 bridgehead atoms. The van der Waals surface area contributed by atoms with Crippen LogP contribution < -0.4 is 0 Å². The number of ketones is 1. The van der Waals surface area contributed by atoms with Gasteiger partial charge < -0.3 is 0 Å². The Kier molecular flexibility index (Phi) is 3.21. The normalized spacial score (nSPS) is 10.3. The summed E-state index contributed by atoms with van der Waals surface area (Å²) in [6, 6.07) is 9.66. The van der Waals surface area contributed by atoms with Crippen LogP contribution in [0.5, 0.6) is 0 Å². The van der Waals surface area contributed by atoms with E-state index >= 15 is 0 Å². The largest absolute Gasteiger partial charge is 0.288 e. The minimum absolute atomic E-state index is 0.126. The predicted molar refractivity (Wildman–Crippen MR) is 71.6 cm³/mol. The number of halogens is 1. The number of thiophene rings is 1. The van der Waals surface area contributed by atoms with Crippen molar-refractivity contribution in [2.45, 2.75) is 6.92 Å². The first-order valence-corrected chi connectivity index (χ1v) is 6.48. The first-order valence-electron chi connectivity index (χ1n) is 4.53. The third-order valence-electron chi connectivity index (χ3n) is 2.16. The van der Waals surface area contributed by atoms with Crippen LogP contribution in [-0.4, -0.2) is 5.78 Å². The van der Waals surface area contributed by atoms with Gasteiger partial charge in [-0.1, -0.05) is 12.1 Å². The molecule has 1 heterocycles. The third kappa shape index (κ3) is 2.29. The van der Waals surface area contributed by atoms with Gasteiger partial charge >= 0.3 is 0 Å². The van der Waals surface area contributed by atoms with Crippen LogP contribution in [0.2, 0.25) is 0 Å². The van der Waals surface area contributed by atoms with Gasteiger partial charge in [0.25, 0.3) is 0 Å². The lowest BCUT2D eigenvalue weighted by Gasteiger charge is -2.00. The van der Waals surface area contributed by atoms with E-state index in [9.17, 15) is 4.79 Å². The van der Waals surface area contributed by atoms with Crippen molar-refractivity contribution in [3.05, 3.63) is 55.3 Å². The van der Waals surface area contributed by atoms with Gasteiger partial charge in [0, 0.05) is 9.13 Å². The van der Waals surface area contributed by atoms with Crippen LogP contribution in [0.3, 0.4) is 0 Å². The van der Waals surface area contributed by atoms with Crippen molar-refractivity contribution in [3.8, 4) is 0 Å². The zero-order chi connectivity index (χ0) is 10.8. The van der Waals surface area contributed by atoms with Gasteiger partial charge in [-0.15, -0.1) is 11.3 Å². The second-order valence-electron chi connectivity index (χ2n) is 3.27. The molecular formula is C12H9IOS. The summed E-state index contributed by atoms with van der Waals surface area (Å²) in [6.07, 6.45) is 0. The Bertz CT molecular complexity index is 502. The fourth-order valence-electron chi connectivity index (χ4n) is 1.37. The van der Waals surface area contributed by atoms with E-state index < -0.39 is 0 Å². The zero-order valence-electron chi connectivity index (χ0n) is 8.16. The number of carbonyl (C=O) groups is 1. The summed E-state index contributed by atoms with van der Waals surface area (Å²) in [5, 5.41) is 1.95. The average molecular weight is 328 g/mol. The predicted octanol–water partition coefficient (Wildman–Crippen LogP) is 3.89. The van der Waals surface area contributed by atoms with Crippen molar-refractivity contribution < 1.29 is 4.79 Å². The summed E-state index contributed by atoms with van der Waals surface area (Å²) in [5.41, 5.74) is 1.83. The third-order valence-corrected chi connectivity index (χ3v) is 3.84. The van der Waals surface area contributed by atoms with Crippen LogP contribution in [0.1, 0.15) is 20.8 Å². The standard InChI is InChI=1S/C12H9IOS/c1-8-5-6-15-12(8)11(14)9-3-2-4-10(13)7-9/h2-7H,1H3. The lowest BCUT2D eigenvalue weighted by Crippen LogP contribution is -2.00. The molecule has 0 saturated heterocycles. The summed E-state index contributed by atoms with van der Waals surface area (Å²) in [4.78, 5) is 12.9. The Labute approximate surface area is 106 Å². The van der Waals surface area contributed by atoms with Crippen molar-refractivity contribution in [1.29, 1.82) is 0 Å². The van der Waals surface area contributed by atoms with Gasteiger partial charge in [0.2, 0.25) is 5.78 Å². The van der Waals surface area contributed by atoms with E-state index in [0.717, 1.165) is 19.6 Å². The molecule has 0 aliphatic carbocycles. The fraction of sp³-hybridized carbons (Fsp3) is 0.0833. The highest BCUT2D eigenvalue weighted by atomic mass is 127. The van der Waals surface area contributed by atoms with Gasteiger partial charge in [-0.25, -0.2) is 0 Å². The van der Waals surface area contributed by atoms with Gasteiger partial charge in [-0.3, -0.25) is 4.79 Å². The van der Waals surface area contributed by atoms with Crippen molar-refractivity contribution in [2.24, 2.45) is 0 Å². The topological polar surface area (TPSA) is 17.1 Å². The maximum atomic E-state index is 12.1. The highest BCUT2D eigenvalue weighted by Crippen LogP contribution is 2.20. The Morgan fingerprint density at radius 1 is 1.33 bits per heavy atom. The molecule has 0 N–H and O–H groups in total. The van der Waals surface area contributed by atoms with Crippen LogP contribution in [0.25, 0.3) is 0 Å². The molecule has 1 aromatic carbocycles. The van der Waals surface area contributed by atoms with E-state index in [-0.39, 0.29) is 5.78 Å². The fourth-order valence-corrected chi connectivity index (χ4v) is 2.80. The molecule has 0 amide bonds. The highest BCUT2D eigenvalue weighted by molar-refractivity contribution is 14.1. The molecule has 0 fully saturated rings. The van der Waals surface area contributed by atoms with Crippen molar-refractivity contribution in [2.75, 3.05) is 0 Å². The van der Waals surface area contributed by atoms with E-state index in [1.54, 1.807) is 0 Å². The van der Waals surface area contributed by atoms with Gasteiger partial charge in [0.05, 0.1) is 4.88 Å². The SMILES string of the molecule is Cc1ccsc1C(=O)c1cccc(I)c1. The summed E-state index contributed by atoms with van der Waals surface area (Å²) in [5.74, 6) is 0.126. The van der Waals surface area contributed by atoms with Gasteiger partial charge in [0.15, 0.2) is 0 Å². The maximum Gasteiger partial charge on any atom is 0.203 e. The smallest absolute Gasteiger partial charge is 0.203 e. The second kappa shape index (κ2) is 4.45. The lowest BCUT2D eigenvalue weighted by molar-refractivity contribution is 0.104. The van der Waals surface area contributed by atoms with Crippen LogP contribution in [0.4, 0.5) is 0 Å². The molecule has 0 aliphatic heterocycles. The number of rotatable bonds is 2. The van der Waals surface area contributed by atoms with Gasteiger partial charge in [-0.2, -0.15) is 0 Å². The summed E-state index contributed by atoms with van der Waals surface area (Å²) in [7, 11) is 0. The lowest BCUT2D eigenvalue weighted by atomic mass is 10.1. The number of hydrogen-bond donors (Lipinski definition) is 0. The molecule has 15 heavy (non-hydrogen) atoms. The van der Waals surface area contributed by atoms with E-state index in [4.69, 9.17) is 0 Å². The Hall–Kier alpha value is -0.680. The minimum Gasteiger partial charge on any atom is -0.288 e. The highest BCUT2D eigenvalue weighted by Gasteiger charge is 2.12. The number of benzene rings is 1. The van der Waals surface area contributed by atoms with Crippen molar-refractivity contribution in [3.63, 3.8) is 0 Å². The molecule has 0 spiro atoms. The summed E-state index contributed by atoms with van der Waals surface area (Å²) in [6.45, 7) is 1.97. The second-order valence-corrected chi connectivity index (χ2v) is 5.43. The molecule has 0 unspecified atom stereocenters. The molecule has 1 nitrogen and oxygen atoms in total. The van der Waals surface area contributed by atoms with E-state index in [1.165, 1.54) is 11.3 Å². The molecule has 76 valence electrons. The molecular weight excluding hydrogens is 319 g/mol. The van der Waals surface area contributed by atoms with Crippen molar-refractivity contribution >= 4 is 39.7 Å². The monoisotopic (exact) mass is 328 g/mol. The molecule has 0 aliphatic rings. The summed E-state index contributed by atoms with van der Waals surface area (Å²) < 4.78 is 1.09. The summed E-state index contributed by atoms with van der Waals surface area (Å²) >= 11 is 3.72. The number of carbonyl (C=O) groups excluding carboxylic acids is 1. The Morgan fingerprint density at radius 3 is 2.73 bits per heavy atom. The molecule has 0 saturated carbocycles. The molecule has 1 aromatic heterocycles. The molecule has 2 rings (SSSR count). The first-order chi connectivity index (χ1) is 7.18.